The number of hydrogen-bond donors (Lipinski definition) is 1. The molecule has 36 heavy (non-hydrogen) atoms. The second-order valence-electron chi connectivity index (χ2n) is 11.7. The van der Waals surface area contributed by atoms with Gasteiger partial charge in [0.1, 0.15) is 5.82 Å². The van der Waals surface area contributed by atoms with Crippen LogP contribution in [0.25, 0.3) is 11.0 Å². The smallest absolute Gasteiger partial charge is 0.225 e. The predicted molar refractivity (Wildman–Crippen MR) is 155 cm³/mol. The van der Waals surface area contributed by atoms with Crippen LogP contribution in [0.15, 0.2) is 24.3 Å². The molecule has 0 aliphatic rings. The van der Waals surface area contributed by atoms with Crippen molar-refractivity contribution in [3.63, 3.8) is 0 Å². The first-order valence-electron chi connectivity index (χ1n) is 15.2. The van der Waals surface area contributed by atoms with Gasteiger partial charge in [0.25, 0.3) is 0 Å². The molecule has 0 saturated carbocycles. The molecule has 2 rings (SSSR count). The number of benzene rings is 1. The van der Waals surface area contributed by atoms with Crippen LogP contribution in [0.2, 0.25) is 0 Å². The van der Waals surface area contributed by atoms with E-state index in [2.05, 4.69) is 41.1 Å². The number of para-hydroxylation sites is 2. The fourth-order valence-electron chi connectivity index (χ4n) is 4.94. The normalized spacial score (nSPS) is 11.9. The summed E-state index contributed by atoms with van der Waals surface area (Å²) in [7, 11) is 0. The molecule has 1 aromatic heterocycles. The van der Waals surface area contributed by atoms with Gasteiger partial charge in [-0.1, -0.05) is 136 Å². The molecule has 2 aromatic rings. The number of aromatic nitrogens is 2. The number of amides is 1. The molecule has 1 heterocycles. The highest BCUT2D eigenvalue weighted by Gasteiger charge is 2.20. The van der Waals surface area contributed by atoms with E-state index in [1.54, 1.807) is 0 Å². The fraction of sp³-hybridized carbons (Fsp3) is 0.750. The molecule has 0 unspecified atom stereocenters. The number of aryl methyl sites for hydroxylation is 1. The molecule has 204 valence electrons. The van der Waals surface area contributed by atoms with Gasteiger partial charge in [-0.2, -0.15) is 0 Å². The second-order valence-corrected chi connectivity index (χ2v) is 11.7. The van der Waals surface area contributed by atoms with E-state index in [0.717, 1.165) is 24.3 Å². The van der Waals surface area contributed by atoms with Crippen molar-refractivity contribution in [3.8, 4) is 0 Å². The molecule has 4 nitrogen and oxygen atoms in total. The number of fused-ring (bicyclic) bond motifs is 1. The molecule has 0 aliphatic heterocycles. The van der Waals surface area contributed by atoms with Crippen LogP contribution in [-0.4, -0.2) is 22.0 Å². The van der Waals surface area contributed by atoms with E-state index in [-0.39, 0.29) is 11.3 Å². The van der Waals surface area contributed by atoms with E-state index < -0.39 is 0 Å². The lowest BCUT2D eigenvalue weighted by Crippen LogP contribution is -2.36. The van der Waals surface area contributed by atoms with E-state index in [4.69, 9.17) is 4.98 Å². The quantitative estimate of drug-likeness (QED) is 0.185. The number of carbonyl (C=O) groups excluding carboxylic acids is 1. The molecule has 0 saturated heterocycles. The Kier molecular flexibility index (Phi) is 14.8. The number of unbranched alkanes of at least 4 members (excludes halogenated alkanes) is 15. The van der Waals surface area contributed by atoms with Crippen molar-refractivity contribution in [1.82, 2.24) is 14.9 Å². The molecule has 1 aromatic carbocycles. The lowest BCUT2D eigenvalue weighted by atomic mass is 9.96. The first-order valence-corrected chi connectivity index (χ1v) is 15.2. The summed E-state index contributed by atoms with van der Waals surface area (Å²) in [5, 5.41) is 3.07. The van der Waals surface area contributed by atoms with Crippen molar-refractivity contribution in [2.24, 2.45) is 5.41 Å². The monoisotopic (exact) mass is 497 g/mol. The molecule has 0 atom stereocenters. The number of imidazole rings is 1. The Morgan fingerprint density at radius 2 is 1.28 bits per heavy atom. The number of nitrogens with zero attached hydrogens (tertiary/aromatic N) is 2. The number of hydrogen-bond acceptors (Lipinski definition) is 2. The Balaban J connectivity index is 1.58. The summed E-state index contributed by atoms with van der Waals surface area (Å²) in [5.74, 6) is 1.19. The summed E-state index contributed by atoms with van der Waals surface area (Å²) >= 11 is 0. The van der Waals surface area contributed by atoms with Gasteiger partial charge in [0.05, 0.1) is 11.0 Å². The summed E-state index contributed by atoms with van der Waals surface area (Å²) in [5.41, 5.74) is 1.93. The molecular formula is C32H55N3O. The van der Waals surface area contributed by atoms with Crippen molar-refractivity contribution in [1.29, 1.82) is 0 Å². The van der Waals surface area contributed by atoms with Crippen molar-refractivity contribution >= 4 is 16.9 Å². The highest BCUT2D eigenvalue weighted by molar-refractivity contribution is 5.81. The minimum atomic E-state index is -0.353. The average Bonchev–Trinajstić information content (AvgIpc) is 3.20. The predicted octanol–water partition coefficient (Wildman–Crippen LogP) is 9.00. The number of nitrogens with one attached hydrogen (secondary N) is 1. The minimum Gasteiger partial charge on any atom is -0.355 e. The van der Waals surface area contributed by atoms with E-state index in [1.807, 2.05) is 20.8 Å². The van der Waals surface area contributed by atoms with Crippen LogP contribution in [-0.2, 0) is 17.8 Å². The lowest BCUT2D eigenvalue weighted by Gasteiger charge is -2.17. The Morgan fingerprint density at radius 3 is 1.81 bits per heavy atom. The van der Waals surface area contributed by atoms with E-state index in [9.17, 15) is 4.79 Å². The molecule has 4 heteroatoms. The lowest BCUT2D eigenvalue weighted by molar-refractivity contribution is -0.128. The molecule has 1 amide bonds. The van der Waals surface area contributed by atoms with Crippen LogP contribution in [0.1, 0.15) is 136 Å². The van der Waals surface area contributed by atoms with Gasteiger partial charge in [0.15, 0.2) is 0 Å². The Bertz CT molecular complexity index is 849. The van der Waals surface area contributed by atoms with Crippen LogP contribution >= 0.6 is 0 Å². The SMILES string of the molecule is CCCCCCCCCCCCCCCCCCn1c(CCNC(=O)C(C)(C)C)nc2ccccc21. The van der Waals surface area contributed by atoms with Crippen molar-refractivity contribution in [3.05, 3.63) is 30.1 Å². The maximum atomic E-state index is 12.2. The van der Waals surface area contributed by atoms with Crippen LogP contribution in [0, 0.1) is 5.41 Å². The van der Waals surface area contributed by atoms with Crippen LogP contribution < -0.4 is 5.32 Å². The van der Waals surface area contributed by atoms with Gasteiger partial charge in [-0.05, 0) is 18.6 Å². The fourth-order valence-corrected chi connectivity index (χ4v) is 4.94. The molecule has 0 bridgehead atoms. The topological polar surface area (TPSA) is 46.9 Å². The first-order chi connectivity index (χ1) is 17.4. The molecule has 1 N–H and O–H groups in total. The van der Waals surface area contributed by atoms with E-state index >= 15 is 0 Å². The Labute approximate surface area is 222 Å². The zero-order valence-electron chi connectivity index (χ0n) is 24.0. The number of carbonyl (C=O) groups is 1. The first kappa shape index (κ1) is 30.4. The van der Waals surface area contributed by atoms with Crippen molar-refractivity contribution in [2.75, 3.05) is 6.54 Å². The largest absolute Gasteiger partial charge is 0.355 e. The summed E-state index contributed by atoms with van der Waals surface area (Å²) in [6.07, 6.45) is 23.0. The summed E-state index contributed by atoms with van der Waals surface area (Å²) in [4.78, 5) is 17.1. The van der Waals surface area contributed by atoms with E-state index in [1.165, 1.54) is 108 Å². The van der Waals surface area contributed by atoms with Crippen molar-refractivity contribution < 1.29 is 4.79 Å². The Hall–Kier alpha value is -1.84. The second kappa shape index (κ2) is 17.6. The highest BCUT2D eigenvalue weighted by Crippen LogP contribution is 2.19. The summed E-state index contributed by atoms with van der Waals surface area (Å²) < 4.78 is 2.38. The van der Waals surface area contributed by atoms with Gasteiger partial charge in [-0.3, -0.25) is 4.79 Å². The molecule has 0 aliphatic carbocycles. The maximum Gasteiger partial charge on any atom is 0.225 e. The molecular weight excluding hydrogens is 442 g/mol. The highest BCUT2D eigenvalue weighted by atomic mass is 16.2. The molecule has 0 spiro atoms. The van der Waals surface area contributed by atoms with Gasteiger partial charge >= 0.3 is 0 Å². The Morgan fingerprint density at radius 1 is 0.778 bits per heavy atom. The summed E-state index contributed by atoms with van der Waals surface area (Å²) in [6, 6.07) is 8.42. The molecule has 0 radical (unpaired) electrons. The maximum absolute atomic E-state index is 12.2. The van der Waals surface area contributed by atoms with Crippen LogP contribution in [0.5, 0.6) is 0 Å². The van der Waals surface area contributed by atoms with Gasteiger partial charge < -0.3 is 9.88 Å². The van der Waals surface area contributed by atoms with Crippen molar-refractivity contribution in [2.45, 2.75) is 143 Å². The zero-order valence-corrected chi connectivity index (χ0v) is 24.0. The van der Waals surface area contributed by atoms with Gasteiger partial charge in [0.2, 0.25) is 5.91 Å². The van der Waals surface area contributed by atoms with Gasteiger partial charge in [-0.25, -0.2) is 4.98 Å². The minimum absolute atomic E-state index is 0.1000. The standard InChI is InChI=1S/C32H55N3O/c1-5-6-7-8-9-10-11-12-13-14-15-16-17-18-19-22-27-35-29-24-21-20-23-28(29)34-30(35)25-26-33-31(36)32(2,3)4/h20-21,23-24H,5-19,22,25-27H2,1-4H3,(H,33,36). The molecule has 0 fully saturated rings. The third kappa shape index (κ3) is 11.9. The van der Waals surface area contributed by atoms with Crippen LogP contribution in [0.3, 0.4) is 0 Å². The zero-order chi connectivity index (χ0) is 26.1. The number of rotatable bonds is 20. The summed E-state index contributed by atoms with van der Waals surface area (Å²) in [6.45, 7) is 9.80. The van der Waals surface area contributed by atoms with E-state index in [0.29, 0.717) is 6.54 Å². The third-order valence-electron chi connectivity index (χ3n) is 7.28. The van der Waals surface area contributed by atoms with Gasteiger partial charge in [0, 0.05) is 24.9 Å². The van der Waals surface area contributed by atoms with Gasteiger partial charge in [-0.15, -0.1) is 0 Å². The average molecular weight is 498 g/mol. The third-order valence-corrected chi connectivity index (χ3v) is 7.28. The van der Waals surface area contributed by atoms with Crippen LogP contribution in [0.4, 0.5) is 0 Å².